The molecule has 0 unspecified atom stereocenters. The molecule has 0 aliphatic heterocycles. The first-order chi connectivity index (χ1) is 13.7. The summed E-state index contributed by atoms with van der Waals surface area (Å²) in [5, 5.41) is 8.84. The number of aromatic nitrogens is 3. The Bertz CT molecular complexity index is 970. The summed E-state index contributed by atoms with van der Waals surface area (Å²) in [6, 6.07) is 10.8. The van der Waals surface area contributed by atoms with E-state index >= 15 is 0 Å². The van der Waals surface area contributed by atoms with Gasteiger partial charge in [-0.15, -0.1) is 10.2 Å². The number of rotatable bonds is 7. The van der Waals surface area contributed by atoms with Gasteiger partial charge in [-0.3, -0.25) is 4.79 Å². The Morgan fingerprint density at radius 1 is 1.25 bits per heavy atom. The Balaban J connectivity index is 1.55. The van der Waals surface area contributed by atoms with Gasteiger partial charge in [-0.2, -0.15) is 0 Å². The van der Waals surface area contributed by atoms with E-state index < -0.39 is 0 Å². The molecule has 0 atom stereocenters. The Morgan fingerprint density at radius 3 is 2.75 bits per heavy atom. The lowest BCUT2D eigenvalue weighted by Crippen LogP contribution is -2.33. The first kappa shape index (κ1) is 18.4. The topological polar surface area (TPSA) is 81.4 Å². The van der Waals surface area contributed by atoms with Gasteiger partial charge in [-0.25, -0.2) is 4.98 Å². The maximum Gasteiger partial charge on any atom is 0.260 e. The fourth-order valence-corrected chi connectivity index (χ4v) is 3.01. The minimum Gasteiger partial charge on any atom is -0.477 e. The molecule has 2 aromatic heterocycles. The van der Waals surface area contributed by atoms with E-state index in [0.717, 1.165) is 18.4 Å². The molecular formula is C20H19ClN4O3. The van der Waals surface area contributed by atoms with Crippen molar-refractivity contribution in [3.8, 4) is 17.3 Å². The second-order valence-corrected chi connectivity index (χ2v) is 6.90. The van der Waals surface area contributed by atoms with Gasteiger partial charge in [0.2, 0.25) is 17.7 Å². The van der Waals surface area contributed by atoms with Crippen LogP contribution >= 0.6 is 11.6 Å². The van der Waals surface area contributed by atoms with E-state index in [9.17, 15) is 4.79 Å². The maximum atomic E-state index is 13.1. The minimum atomic E-state index is -0.148. The number of ether oxygens (including phenoxy) is 1. The molecule has 0 N–H and O–H groups in total. The summed E-state index contributed by atoms with van der Waals surface area (Å²) in [5.74, 6) is 0.969. The van der Waals surface area contributed by atoms with Crippen LogP contribution in [0.4, 0.5) is 0 Å². The highest BCUT2D eigenvalue weighted by Gasteiger charge is 2.35. The molecule has 28 heavy (non-hydrogen) atoms. The van der Waals surface area contributed by atoms with Crippen molar-refractivity contribution in [1.29, 1.82) is 0 Å². The summed E-state index contributed by atoms with van der Waals surface area (Å²) >= 11 is 5.92. The first-order valence-electron chi connectivity index (χ1n) is 9.13. The molecule has 0 saturated heterocycles. The lowest BCUT2D eigenvalue weighted by molar-refractivity contribution is 0.0709. The molecule has 0 radical (unpaired) electrons. The highest BCUT2D eigenvalue weighted by Crippen LogP contribution is 2.31. The van der Waals surface area contributed by atoms with Gasteiger partial charge < -0.3 is 14.1 Å². The molecule has 1 aliphatic carbocycles. The van der Waals surface area contributed by atoms with Crippen molar-refractivity contribution in [2.75, 3.05) is 6.61 Å². The van der Waals surface area contributed by atoms with Gasteiger partial charge in [-0.1, -0.05) is 11.6 Å². The quantitative estimate of drug-likeness (QED) is 0.598. The van der Waals surface area contributed by atoms with E-state index in [1.54, 1.807) is 35.4 Å². The third-order valence-electron chi connectivity index (χ3n) is 4.39. The van der Waals surface area contributed by atoms with Gasteiger partial charge in [0.25, 0.3) is 5.91 Å². The van der Waals surface area contributed by atoms with Crippen molar-refractivity contribution < 1.29 is 13.9 Å². The molecule has 1 fully saturated rings. The van der Waals surface area contributed by atoms with Crippen molar-refractivity contribution >= 4 is 17.5 Å². The lowest BCUT2D eigenvalue weighted by Gasteiger charge is -2.21. The molecule has 1 aromatic carbocycles. The third-order valence-corrected chi connectivity index (χ3v) is 4.65. The molecule has 144 valence electrons. The zero-order chi connectivity index (χ0) is 19.5. The van der Waals surface area contributed by atoms with Crippen molar-refractivity contribution in [2.24, 2.45) is 0 Å². The van der Waals surface area contributed by atoms with E-state index in [1.807, 2.05) is 19.1 Å². The number of nitrogens with zero attached hydrogens (tertiary/aromatic N) is 4. The predicted octanol–water partition coefficient (Wildman–Crippen LogP) is 3.99. The van der Waals surface area contributed by atoms with Crippen LogP contribution in [0.25, 0.3) is 11.5 Å². The molecule has 0 spiro atoms. The van der Waals surface area contributed by atoms with Gasteiger partial charge in [-0.05, 0) is 56.2 Å². The Kier molecular flexibility index (Phi) is 5.25. The molecule has 0 bridgehead atoms. The second-order valence-electron chi connectivity index (χ2n) is 6.46. The smallest absolute Gasteiger partial charge is 0.260 e. The van der Waals surface area contributed by atoms with Crippen LogP contribution in [0.1, 0.15) is 36.0 Å². The molecule has 8 heteroatoms. The van der Waals surface area contributed by atoms with Crippen LogP contribution in [0.2, 0.25) is 5.02 Å². The van der Waals surface area contributed by atoms with Crippen LogP contribution in [0, 0.1) is 0 Å². The zero-order valence-electron chi connectivity index (χ0n) is 15.3. The van der Waals surface area contributed by atoms with Crippen LogP contribution in [-0.2, 0) is 6.54 Å². The summed E-state index contributed by atoms with van der Waals surface area (Å²) in [7, 11) is 0. The molecule has 1 amide bonds. The monoisotopic (exact) mass is 398 g/mol. The number of carbonyl (C=O) groups is 1. The Hall–Kier alpha value is -2.93. The maximum absolute atomic E-state index is 13.1. The Morgan fingerprint density at radius 2 is 2.04 bits per heavy atom. The highest BCUT2D eigenvalue weighted by molar-refractivity contribution is 6.30. The number of halogens is 1. The van der Waals surface area contributed by atoms with Gasteiger partial charge in [0.15, 0.2) is 0 Å². The number of hydrogen-bond donors (Lipinski definition) is 0. The van der Waals surface area contributed by atoms with Crippen LogP contribution in [0.3, 0.4) is 0 Å². The minimum absolute atomic E-state index is 0.148. The summed E-state index contributed by atoms with van der Waals surface area (Å²) in [4.78, 5) is 19.1. The van der Waals surface area contributed by atoms with E-state index in [1.165, 1.54) is 0 Å². The number of amides is 1. The molecule has 7 nitrogen and oxygen atoms in total. The van der Waals surface area contributed by atoms with Crippen LogP contribution < -0.4 is 4.74 Å². The van der Waals surface area contributed by atoms with Gasteiger partial charge in [0.05, 0.1) is 13.2 Å². The second kappa shape index (κ2) is 7.98. The number of pyridine rings is 1. The van der Waals surface area contributed by atoms with Crippen molar-refractivity contribution in [2.45, 2.75) is 32.4 Å². The number of hydrogen-bond acceptors (Lipinski definition) is 6. The predicted molar refractivity (Wildman–Crippen MR) is 103 cm³/mol. The fraction of sp³-hybridized carbons (Fsp3) is 0.300. The molecule has 1 aliphatic rings. The van der Waals surface area contributed by atoms with Crippen LogP contribution in [0.15, 0.2) is 47.0 Å². The van der Waals surface area contributed by atoms with Crippen LogP contribution in [-0.4, -0.2) is 38.6 Å². The zero-order valence-corrected chi connectivity index (χ0v) is 16.1. The van der Waals surface area contributed by atoms with Gasteiger partial charge >= 0.3 is 0 Å². The normalized spacial score (nSPS) is 13.4. The summed E-state index contributed by atoms with van der Waals surface area (Å²) in [6.07, 6.45) is 3.52. The standard InChI is InChI=1S/C20H19ClN4O3/c1-2-27-19-16(4-3-11-22-19)20(26)25(15-9-10-15)12-17-23-24-18(28-17)13-5-7-14(21)8-6-13/h3-8,11,15H,2,9-10,12H2,1H3. The SMILES string of the molecule is CCOc1ncccc1C(=O)N(Cc1nnc(-c2ccc(Cl)cc2)o1)C1CC1. The van der Waals surface area contributed by atoms with Crippen molar-refractivity contribution in [1.82, 2.24) is 20.1 Å². The number of benzene rings is 1. The number of carbonyl (C=O) groups excluding carboxylic acids is 1. The average molecular weight is 399 g/mol. The molecule has 4 rings (SSSR count). The largest absolute Gasteiger partial charge is 0.477 e. The summed E-state index contributed by atoms with van der Waals surface area (Å²) in [5.41, 5.74) is 1.21. The summed E-state index contributed by atoms with van der Waals surface area (Å²) in [6.45, 7) is 2.54. The summed E-state index contributed by atoms with van der Waals surface area (Å²) < 4.78 is 11.3. The van der Waals surface area contributed by atoms with Crippen LogP contribution in [0.5, 0.6) is 5.88 Å². The van der Waals surface area contributed by atoms with E-state index in [-0.39, 0.29) is 18.5 Å². The molecule has 3 aromatic rings. The van der Waals surface area contributed by atoms with Crippen molar-refractivity contribution in [3.05, 3.63) is 59.1 Å². The molecular weight excluding hydrogens is 380 g/mol. The lowest BCUT2D eigenvalue weighted by atomic mass is 10.2. The van der Waals surface area contributed by atoms with E-state index in [4.69, 9.17) is 20.8 Å². The van der Waals surface area contributed by atoms with Gasteiger partial charge in [0.1, 0.15) is 5.56 Å². The van der Waals surface area contributed by atoms with Gasteiger partial charge in [0, 0.05) is 22.8 Å². The molecule has 2 heterocycles. The Labute approximate surface area is 167 Å². The van der Waals surface area contributed by atoms with Crippen molar-refractivity contribution in [3.63, 3.8) is 0 Å². The molecule has 1 saturated carbocycles. The average Bonchev–Trinajstić information content (AvgIpc) is 3.45. The fourth-order valence-electron chi connectivity index (χ4n) is 2.89. The highest BCUT2D eigenvalue weighted by atomic mass is 35.5. The van der Waals surface area contributed by atoms with E-state index in [2.05, 4.69) is 15.2 Å². The first-order valence-corrected chi connectivity index (χ1v) is 9.50. The third kappa shape index (κ3) is 3.99. The van der Waals surface area contributed by atoms with E-state index in [0.29, 0.717) is 34.9 Å².